The first-order chi connectivity index (χ1) is 15.4. The number of halogens is 2. The highest BCUT2D eigenvalue weighted by Gasteiger charge is 2.15. The first-order valence-electron chi connectivity index (χ1n) is 9.79. The number of benzene rings is 2. The Kier molecular flexibility index (Phi) is 6.00. The van der Waals surface area contributed by atoms with Crippen LogP contribution in [0.25, 0.3) is 22.7 Å². The van der Waals surface area contributed by atoms with Crippen LogP contribution < -0.4 is 5.32 Å². The molecule has 158 valence electrons. The highest BCUT2D eigenvalue weighted by Crippen LogP contribution is 2.27. The maximum Gasteiger partial charge on any atom is 0.266 e. The minimum Gasteiger partial charge on any atom is -0.320 e. The van der Waals surface area contributed by atoms with Gasteiger partial charge in [0.15, 0.2) is 0 Å². The number of nitrogens with one attached hydrogen (secondary N) is 1. The Morgan fingerprint density at radius 3 is 2.69 bits per heavy atom. The van der Waals surface area contributed by atoms with E-state index >= 15 is 0 Å². The normalized spacial score (nSPS) is 11.4. The van der Waals surface area contributed by atoms with Gasteiger partial charge in [0.25, 0.3) is 5.91 Å². The summed E-state index contributed by atoms with van der Waals surface area (Å²) < 4.78 is 2.08. The van der Waals surface area contributed by atoms with E-state index < -0.39 is 5.91 Å². The fraction of sp³-hybridized carbons (Fsp3) is 0.0800. The Bertz CT molecular complexity index is 1430. The van der Waals surface area contributed by atoms with Gasteiger partial charge in [-0.15, -0.1) is 0 Å². The Hall–Kier alpha value is -3.59. The molecule has 4 rings (SSSR count). The van der Waals surface area contributed by atoms with Crippen molar-refractivity contribution in [3.8, 4) is 11.8 Å². The second-order valence-corrected chi connectivity index (χ2v) is 8.13. The molecule has 0 fully saturated rings. The molecule has 0 aliphatic carbocycles. The average molecular weight is 461 g/mol. The van der Waals surface area contributed by atoms with Crippen molar-refractivity contribution < 1.29 is 4.79 Å². The molecule has 2 heterocycles. The van der Waals surface area contributed by atoms with Gasteiger partial charge in [0.1, 0.15) is 11.6 Å². The lowest BCUT2D eigenvalue weighted by Crippen LogP contribution is -2.13. The van der Waals surface area contributed by atoms with E-state index in [2.05, 4.69) is 20.9 Å². The van der Waals surface area contributed by atoms with Gasteiger partial charge in [0.2, 0.25) is 0 Å². The number of aryl methyl sites for hydroxylation is 1. The molecule has 0 aliphatic heterocycles. The molecule has 0 unspecified atom stereocenters. The molecule has 0 radical (unpaired) electrons. The second kappa shape index (κ2) is 8.88. The maximum absolute atomic E-state index is 12.7. The molecular formula is C25H18Cl2N4O. The molecule has 7 heteroatoms. The SMILES string of the molecule is Cc1cc(/C=C(/C#N)C(=O)Nc2ccc(Cl)cc2Cl)c(C)n1-c1ccc2ncccc2c1. The van der Waals surface area contributed by atoms with Crippen molar-refractivity contribution in [3.63, 3.8) is 0 Å². The quantitative estimate of drug-likeness (QED) is 0.279. The zero-order valence-electron chi connectivity index (χ0n) is 17.4. The number of fused-ring (bicyclic) bond motifs is 1. The highest BCUT2D eigenvalue weighted by atomic mass is 35.5. The van der Waals surface area contributed by atoms with Gasteiger partial charge in [-0.1, -0.05) is 29.3 Å². The predicted molar refractivity (Wildman–Crippen MR) is 129 cm³/mol. The molecule has 0 saturated heterocycles. The van der Waals surface area contributed by atoms with Gasteiger partial charge in [0, 0.05) is 33.7 Å². The summed E-state index contributed by atoms with van der Waals surface area (Å²) >= 11 is 12.0. The largest absolute Gasteiger partial charge is 0.320 e. The third kappa shape index (κ3) is 4.24. The molecule has 2 aromatic carbocycles. The Morgan fingerprint density at radius 1 is 1.12 bits per heavy atom. The topological polar surface area (TPSA) is 70.7 Å². The number of anilines is 1. The number of carbonyl (C=O) groups is 1. The second-order valence-electron chi connectivity index (χ2n) is 7.29. The van der Waals surface area contributed by atoms with Crippen LogP contribution in [0, 0.1) is 25.2 Å². The van der Waals surface area contributed by atoms with Gasteiger partial charge in [-0.05, 0) is 74.0 Å². The Morgan fingerprint density at radius 2 is 1.94 bits per heavy atom. The number of nitrogens with zero attached hydrogens (tertiary/aromatic N) is 3. The number of rotatable bonds is 4. The maximum atomic E-state index is 12.7. The van der Waals surface area contributed by atoms with Gasteiger partial charge >= 0.3 is 0 Å². The zero-order valence-corrected chi connectivity index (χ0v) is 18.9. The van der Waals surface area contributed by atoms with Crippen molar-refractivity contribution in [2.24, 2.45) is 0 Å². The lowest BCUT2D eigenvalue weighted by molar-refractivity contribution is -0.112. The summed E-state index contributed by atoms with van der Waals surface area (Å²) in [4.78, 5) is 17.1. The minimum atomic E-state index is -0.543. The lowest BCUT2D eigenvalue weighted by Gasteiger charge is -2.11. The Labute approximate surface area is 195 Å². The Balaban J connectivity index is 1.68. The van der Waals surface area contributed by atoms with Crippen molar-refractivity contribution in [2.75, 3.05) is 5.32 Å². The van der Waals surface area contributed by atoms with Crippen LogP contribution in [0.3, 0.4) is 0 Å². The summed E-state index contributed by atoms with van der Waals surface area (Å²) in [5.41, 5.74) is 4.93. The van der Waals surface area contributed by atoms with E-state index in [4.69, 9.17) is 23.2 Å². The predicted octanol–water partition coefficient (Wildman–Crippen LogP) is 6.49. The summed E-state index contributed by atoms with van der Waals surface area (Å²) in [6, 6.07) is 18.6. The molecule has 4 aromatic rings. The summed E-state index contributed by atoms with van der Waals surface area (Å²) in [6.07, 6.45) is 3.35. The fourth-order valence-corrected chi connectivity index (χ4v) is 4.07. The molecule has 1 amide bonds. The van der Waals surface area contributed by atoms with E-state index in [0.717, 1.165) is 33.5 Å². The lowest BCUT2D eigenvalue weighted by atomic mass is 10.1. The molecule has 1 N–H and O–H groups in total. The van der Waals surface area contributed by atoms with E-state index in [0.29, 0.717) is 15.7 Å². The van der Waals surface area contributed by atoms with Gasteiger partial charge in [-0.25, -0.2) is 0 Å². The summed E-state index contributed by atoms with van der Waals surface area (Å²) in [7, 11) is 0. The summed E-state index contributed by atoms with van der Waals surface area (Å²) in [5.74, 6) is -0.543. The van der Waals surface area contributed by atoms with Crippen LogP contribution in [-0.4, -0.2) is 15.5 Å². The van der Waals surface area contributed by atoms with Crippen LogP contribution in [0.2, 0.25) is 10.0 Å². The van der Waals surface area contributed by atoms with Crippen LogP contribution in [-0.2, 0) is 4.79 Å². The van der Waals surface area contributed by atoms with Crippen LogP contribution >= 0.6 is 23.2 Å². The number of hydrogen-bond donors (Lipinski definition) is 1. The third-order valence-electron chi connectivity index (χ3n) is 5.16. The van der Waals surface area contributed by atoms with E-state index in [1.807, 2.05) is 50.2 Å². The molecule has 2 aromatic heterocycles. The van der Waals surface area contributed by atoms with Crippen molar-refractivity contribution in [3.05, 3.63) is 93.4 Å². The molecule has 0 saturated carbocycles. The van der Waals surface area contributed by atoms with Crippen molar-refractivity contribution in [1.82, 2.24) is 9.55 Å². The van der Waals surface area contributed by atoms with E-state index in [9.17, 15) is 10.1 Å². The van der Waals surface area contributed by atoms with Crippen molar-refractivity contribution in [2.45, 2.75) is 13.8 Å². The summed E-state index contributed by atoms with van der Waals surface area (Å²) in [5, 5.41) is 14.1. The molecule has 0 spiro atoms. The van der Waals surface area contributed by atoms with Gasteiger partial charge in [0.05, 0.1) is 16.2 Å². The number of nitriles is 1. The van der Waals surface area contributed by atoms with Crippen LogP contribution in [0.5, 0.6) is 0 Å². The van der Waals surface area contributed by atoms with Crippen LogP contribution in [0.1, 0.15) is 17.0 Å². The number of pyridine rings is 1. The molecule has 0 aliphatic rings. The van der Waals surface area contributed by atoms with Crippen LogP contribution in [0.4, 0.5) is 5.69 Å². The van der Waals surface area contributed by atoms with Gasteiger partial charge in [-0.2, -0.15) is 5.26 Å². The zero-order chi connectivity index (χ0) is 22.8. The fourth-order valence-electron chi connectivity index (χ4n) is 3.62. The van der Waals surface area contributed by atoms with Gasteiger partial charge in [-0.3, -0.25) is 9.78 Å². The average Bonchev–Trinajstić information content (AvgIpc) is 3.06. The summed E-state index contributed by atoms with van der Waals surface area (Å²) in [6.45, 7) is 3.94. The van der Waals surface area contributed by atoms with Crippen LogP contribution in [0.15, 0.2) is 66.4 Å². The minimum absolute atomic E-state index is 0.0287. The number of hydrogen-bond acceptors (Lipinski definition) is 3. The number of amides is 1. The molecule has 32 heavy (non-hydrogen) atoms. The molecular weight excluding hydrogens is 443 g/mol. The van der Waals surface area contributed by atoms with Crippen molar-refractivity contribution >= 4 is 51.8 Å². The third-order valence-corrected chi connectivity index (χ3v) is 5.71. The van der Waals surface area contributed by atoms with Gasteiger partial charge < -0.3 is 9.88 Å². The first-order valence-corrected chi connectivity index (χ1v) is 10.6. The van der Waals surface area contributed by atoms with E-state index in [-0.39, 0.29) is 5.57 Å². The number of carbonyl (C=O) groups excluding carboxylic acids is 1. The first kappa shape index (κ1) is 21.6. The molecule has 0 atom stereocenters. The van der Waals surface area contributed by atoms with E-state index in [1.54, 1.807) is 24.4 Å². The molecule has 0 bridgehead atoms. The van der Waals surface area contributed by atoms with Crippen molar-refractivity contribution in [1.29, 1.82) is 5.26 Å². The standard InChI is InChI=1S/C25H18Cl2N4O/c1-15-10-18(11-19(14-28)25(32)30-24-7-5-20(26)13-22(24)27)16(2)31(15)21-6-8-23-17(12-21)4-3-9-29-23/h3-13H,1-2H3,(H,30,32)/b19-11-. The smallest absolute Gasteiger partial charge is 0.266 e. The number of aromatic nitrogens is 2. The van der Waals surface area contributed by atoms with E-state index in [1.165, 1.54) is 6.07 Å². The highest BCUT2D eigenvalue weighted by molar-refractivity contribution is 6.36. The monoisotopic (exact) mass is 460 g/mol. The molecule has 5 nitrogen and oxygen atoms in total.